The Bertz CT molecular complexity index is 3430. The van der Waals surface area contributed by atoms with Crippen molar-refractivity contribution in [3.05, 3.63) is 123 Å². The molecule has 5 aromatic rings. The molecular weight excluding hydrogens is 1740 g/mol. The SMILES string of the molecule is Cc1cc(O)ccc1B1OC(C)(C)C(C)(C)O1.Cc1cc(O)ccc1Br.Cc1cc(OCCCBr)ccc1B1OC(C)(C)C(C)(C)O1.Cc1cc(OCCCCl)ccc1B1OC(C)(C)C(C)(C)O1.Cc1cc(OCCCN2CC[C@@H](O)C2)ccc1B1OC(C)(C)C(C)(C)O1.Cl.ClCCCBr.O=CO[O-].O[C@@H]1CCNC1.[H-].[K+].[K+]. The zero-order valence-corrected chi connectivity index (χ0v) is 84.0. The van der Waals surface area contributed by atoms with E-state index < -0.39 is 0 Å². The molecule has 0 saturated carbocycles. The number of hydrogen-bond acceptors (Lipinski definition) is 20. The maximum atomic E-state index is 9.55. The molecule has 0 spiro atoms. The fraction of sp³-hybridized carbons (Fsp3) is 0.613. The Morgan fingerprint density at radius 2 is 0.812 bits per heavy atom. The molecule has 0 aliphatic carbocycles. The van der Waals surface area contributed by atoms with Crippen molar-refractivity contribution in [3.8, 4) is 28.7 Å². The number of aliphatic hydroxyl groups is 2. The number of nitrogens with one attached hydrogen (secondary N) is 1. The third-order valence-corrected chi connectivity index (χ3v) is 23.3. The van der Waals surface area contributed by atoms with Crippen LogP contribution in [0.3, 0.4) is 0 Å². The van der Waals surface area contributed by atoms with Gasteiger partial charge in [0.05, 0.1) is 76.8 Å². The maximum Gasteiger partial charge on any atom is 1.00 e. The van der Waals surface area contributed by atoms with Crippen LogP contribution < -0.4 is 149 Å². The van der Waals surface area contributed by atoms with Crippen molar-refractivity contribution >= 4 is 140 Å². The molecule has 5 N–H and O–H groups in total. The average molecular weight is 1870 g/mol. The van der Waals surface area contributed by atoms with E-state index in [4.69, 9.17) is 94.9 Å². The van der Waals surface area contributed by atoms with Gasteiger partial charge in [0.15, 0.2) is 0 Å². The molecule has 0 amide bonds. The first kappa shape index (κ1) is 110. The number of carbonyl (C=O) groups excluding carboxylic acids is 1. The fourth-order valence-corrected chi connectivity index (χ4v) is 12.4. The third kappa shape index (κ3) is 35.0. The zero-order valence-electron chi connectivity index (χ0n) is 71.7. The van der Waals surface area contributed by atoms with Gasteiger partial charge in [0, 0.05) is 53.1 Å². The van der Waals surface area contributed by atoms with Crippen LogP contribution in [0.1, 0.15) is 179 Å². The van der Waals surface area contributed by atoms with E-state index in [-0.39, 0.29) is 214 Å². The van der Waals surface area contributed by atoms with Gasteiger partial charge in [-0.25, -0.2) is 0 Å². The van der Waals surface area contributed by atoms with E-state index in [1.165, 1.54) is 0 Å². The Hall–Kier alpha value is -0.108. The van der Waals surface area contributed by atoms with Crippen LogP contribution in [0.2, 0.25) is 0 Å². The number of β-amino-alcohol motifs (C(OH)–C–C–N with tert-alkyl or cyclic N) is 2. The summed E-state index contributed by atoms with van der Waals surface area (Å²) in [5.41, 5.74) is 6.95. The van der Waals surface area contributed by atoms with Crippen molar-refractivity contribution in [1.82, 2.24) is 10.2 Å². The Morgan fingerprint density at radius 1 is 0.500 bits per heavy atom. The zero-order chi connectivity index (χ0) is 81.9. The summed E-state index contributed by atoms with van der Waals surface area (Å²) in [5.74, 6) is 4.60. The molecule has 20 nitrogen and oxygen atoms in total. The number of rotatable bonds is 20. The smallest absolute Gasteiger partial charge is 1.00 e. The van der Waals surface area contributed by atoms with Gasteiger partial charge in [-0.3, -0.25) is 4.79 Å². The molecule has 11 rings (SSSR count). The van der Waals surface area contributed by atoms with Crippen LogP contribution in [0.25, 0.3) is 0 Å². The number of halogens is 6. The van der Waals surface area contributed by atoms with Crippen LogP contribution in [-0.2, 0) is 46.9 Å². The van der Waals surface area contributed by atoms with Crippen molar-refractivity contribution in [3.63, 3.8) is 0 Å². The van der Waals surface area contributed by atoms with Gasteiger partial charge in [-0.05, 0) is 307 Å². The number of aliphatic hydroxyl groups excluding tert-OH is 2. The molecule has 6 fully saturated rings. The molecule has 618 valence electrons. The third-order valence-electron chi connectivity index (χ3n) is 20.7. The number of aromatic hydroxyl groups is 2. The molecule has 32 heteroatoms. The second-order valence-electron chi connectivity index (χ2n) is 31.7. The molecule has 2 atom stereocenters. The van der Waals surface area contributed by atoms with Crippen LogP contribution in [0, 0.1) is 34.6 Å². The summed E-state index contributed by atoms with van der Waals surface area (Å²) >= 11 is 20.9. The molecule has 6 aliphatic heterocycles. The number of alkyl halides is 4. The fourth-order valence-electron chi connectivity index (χ4n) is 11.1. The van der Waals surface area contributed by atoms with E-state index >= 15 is 0 Å². The predicted molar refractivity (Wildman–Crippen MR) is 460 cm³/mol. The standard InChI is InChI=1S/C20H32BNO4.C16H24BBrO3.C16H24BClO3.C13H19BO3.C7H7BrO.C4H9NO.C3H6BrCl.CH2O3.ClH.2K.H/c1-15-13-17(24-12-6-10-22-11-9-16(23)14-22)7-8-18(15)21-25-19(2,3)20(4,5)26-21;2*1-12-11-13(19-10-6-9-18)7-8-14(12)17-20-15(2,3)16(4,5)21-17;1-9-8-10(15)6-7-11(9)14-16-12(2,3)13(4,5)17-14;1-5-4-6(9)2-3-7(5)8;6-4-1-2-5-3-4;4-2-1-3-5;2-1-4-3;;;;/h7-8,13,16,23H,6,9-12,14H2,1-5H3;2*7-8,11H,6,9-10H2,1-5H3;6-8,15H,1-5H3;2-4,9H,1H3;4-6H,1-3H2;1-3H2;1,3H;1H;;;/q;;;;;;;;;2*+1;-1/p-1/t16-;;;;;4-;;;;;;/m1....1....../s1. The number of phenols is 2. The first-order chi connectivity index (χ1) is 50.9. The van der Waals surface area contributed by atoms with E-state index in [9.17, 15) is 10.2 Å². The predicted octanol–water partition coefficient (Wildman–Crippen LogP) is 7.68. The van der Waals surface area contributed by atoms with Gasteiger partial charge in [-0.2, -0.15) is 0 Å². The molecule has 6 heterocycles. The summed E-state index contributed by atoms with van der Waals surface area (Å²) in [6.07, 6.45) is 5.48. The Labute approximate surface area is 799 Å². The minimum absolute atomic E-state index is 0. The Balaban J connectivity index is 0.00000134. The normalized spacial score (nSPS) is 19.7. The number of aryl methyl sites for hydroxylation is 5. The minimum Gasteiger partial charge on any atom is -1.00 e. The summed E-state index contributed by atoms with van der Waals surface area (Å²) < 4.78 is 66.9. The van der Waals surface area contributed by atoms with Gasteiger partial charge in [0.25, 0.3) is 6.47 Å². The number of carbonyl (C=O) groups is 1. The molecule has 112 heavy (non-hydrogen) atoms. The Kier molecular flexibility index (Phi) is 50.8. The van der Waals surface area contributed by atoms with Crippen molar-refractivity contribution < 1.29 is 191 Å². The molecule has 0 unspecified atom stereocenters. The van der Waals surface area contributed by atoms with E-state index in [0.717, 1.165) is 166 Å². The molecule has 0 aromatic heterocycles. The van der Waals surface area contributed by atoms with Crippen LogP contribution in [0.15, 0.2) is 95.5 Å². The number of likely N-dealkylation sites (tertiary alicyclic amines) is 1. The average Bonchev–Trinajstić information content (AvgIpc) is 1.65. The first-order valence-corrected chi connectivity index (χ1v) is 41.6. The van der Waals surface area contributed by atoms with Gasteiger partial charge in [0.2, 0.25) is 0 Å². The summed E-state index contributed by atoms with van der Waals surface area (Å²) in [6, 6.07) is 28.6. The van der Waals surface area contributed by atoms with Gasteiger partial charge in [-0.1, -0.05) is 72.1 Å². The number of benzene rings is 5. The van der Waals surface area contributed by atoms with Crippen molar-refractivity contribution in [2.45, 2.75) is 241 Å². The van der Waals surface area contributed by atoms with Crippen LogP contribution in [0.4, 0.5) is 0 Å². The van der Waals surface area contributed by atoms with Gasteiger partial charge in [0.1, 0.15) is 28.7 Å². The van der Waals surface area contributed by atoms with Crippen LogP contribution in [0.5, 0.6) is 28.7 Å². The second kappa shape index (κ2) is 51.7. The van der Waals surface area contributed by atoms with Gasteiger partial charge < -0.3 is 93.7 Å². The molecular formula is C80H124B4Br3Cl3K2N2O18. The second-order valence-corrected chi connectivity index (χ2v) is 34.9. The van der Waals surface area contributed by atoms with E-state index in [1.54, 1.807) is 24.3 Å². The summed E-state index contributed by atoms with van der Waals surface area (Å²) in [7, 11) is -1.34. The van der Waals surface area contributed by atoms with Crippen molar-refractivity contribution in [2.24, 2.45) is 0 Å². The number of ether oxygens (including phenoxy) is 3. The first-order valence-electron chi connectivity index (χ1n) is 37.5. The molecule has 5 aromatic carbocycles. The molecule has 6 saturated heterocycles. The van der Waals surface area contributed by atoms with Gasteiger partial charge in [-0.15, -0.1) is 35.6 Å². The van der Waals surface area contributed by atoms with E-state index in [0.29, 0.717) is 24.8 Å². The number of hydrogen-bond donors (Lipinski definition) is 5. The van der Waals surface area contributed by atoms with Crippen molar-refractivity contribution in [2.75, 3.05) is 75.0 Å². The quantitative estimate of drug-likeness (QED) is 0.0125. The Morgan fingerprint density at radius 3 is 1.05 bits per heavy atom. The number of nitrogens with zero attached hydrogens (tertiary/aromatic N) is 1. The summed E-state index contributed by atoms with van der Waals surface area (Å²) in [4.78, 5) is 13.5. The maximum absolute atomic E-state index is 9.55. The summed E-state index contributed by atoms with van der Waals surface area (Å²) in [5, 5.41) is 50.0. The topological polar surface area (TPSA) is 247 Å². The van der Waals surface area contributed by atoms with E-state index in [2.05, 4.69) is 179 Å². The van der Waals surface area contributed by atoms with Crippen molar-refractivity contribution in [1.29, 1.82) is 0 Å². The monoisotopic (exact) mass is 1860 g/mol. The minimum atomic E-state index is -0.361. The molecule has 6 aliphatic rings. The van der Waals surface area contributed by atoms with Gasteiger partial charge >= 0.3 is 131 Å². The van der Waals surface area contributed by atoms with Crippen LogP contribution in [-0.4, -0.2) is 192 Å². The van der Waals surface area contributed by atoms with Crippen LogP contribution >= 0.6 is 83.4 Å². The molecule has 0 radical (unpaired) electrons. The largest absolute Gasteiger partial charge is 1.00 e. The number of phenolic OH excluding ortho intramolecular Hbond substituents is 2. The summed E-state index contributed by atoms with van der Waals surface area (Å²) in [6.45, 7) is 49.4. The van der Waals surface area contributed by atoms with E-state index in [1.807, 2.05) is 96.1 Å². The molecule has 0 bridgehead atoms.